The second-order valence-corrected chi connectivity index (χ2v) is 9.92. The van der Waals surface area contributed by atoms with E-state index >= 15 is 0 Å². The summed E-state index contributed by atoms with van der Waals surface area (Å²) >= 11 is 0. The van der Waals surface area contributed by atoms with Crippen LogP contribution >= 0.6 is 0 Å². The molecule has 196 valence electrons. The van der Waals surface area contributed by atoms with Gasteiger partial charge in [0.25, 0.3) is 0 Å². The van der Waals surface area contributed by atoms with E-state index in [4.69, 9.17) is 9.47 Å². The zero-order valence-electron chi connectivity index (χ0n) is 20.4. The standard InChI is InChI=1S/C27H33F4N3O2/c28-16-20-17-32(18-20)9-14-36-24-4-1-21(2-5-24)26-25-6-3-23(33-10-12-35-13-11-33)15-22(25)7-8-34(26)19-27(29,30)31/h1-6,15,20,26H,7-14,16-19H2/t26-/m1/s1. The Kier molecular flexibility index (Phi) is 7.69. The molecule has 3 aliphatic heterocycles. The highest BCUT2D eigenvalue weighted by molar-refractivity contribution is 5.54. The highest BCUT2D eigenvalue weighted by atomic mass is 19.4. The van der Waals surface area contributed by atoms with E-state index in [9.17, 15) is 17.6 Å². The van der Waals surface area contributed by atoms with Crippen LogP contribution in [-0.4, -0.2) is 88.3 Å². The summed E-state index contributed by atoms with van der Waals surface area (Å²) in [4.78, 5) is 5.94. The van der Waals surface area contributed by atoms with Crippen molar-refractivity contribution in [1.82, 2.24) is 9.80 Å². The van der Waals surface area contributed by atoms with Crippen LogP contribution < -0.4 is 9.64 Å². The molecule has 9 heteroatoms. The molecule has 0 aliphatic carbocycles. The molecule has 2 aromatic rings. The monoisotopic (exact) mass is 507 g/mol. The van der Waals surface area contributed by atoms with Gasteiger partial charge in [0.2, 0.25) is 0 Å². The second-order valence-electron chi connectivity index (χ2n) is 9.92. The molecule has 2 aromatic carbocycles. The van der Waals surface area contributed by atoms with Crippen molar-refractivity contribution in [3.05, 3.63) is 59.2 Å². The average Bonchev–Trinajstić information content (AvgIpc) is 2.85. The molecular weight excluding hydrogens is 474 g/mol. The summed E-state index contributed by atoms with van der Waals surface area (Å²) in [5.74, 6) is 0.828. The Morgan fingerprint density at radius 2 is 1.72 bits per heavy atom. The van der Waals surface area contributed by atoms with Gasteiger partial charge in [0.05, 0.1) is 32.5 Å². The normalized spacial score (nSPS) is 21.8. The molecule has 0 aromatic heterocycles. The SMILES string of the molecule is FCC1CN(CCOc2ccc([C@@H]3c4ccc(N5CCOCC5)cc4CCN3CC(F)(F)F)cc2)C1. The maximum absolute atomic E-state index is 13.5. The Bertz CT molecular complexity index is 1010. The van der Waals surface area contributed by atoms with Crippen molar-refractivity contribution in [2.24, 2.45) is 5.92 Å². The predicted octanol–water partition coefficient (Wildman–Crippen LogP) is 4.31. The Labute approximate surface area is 209 Å². The van der Waals surface area contributed by atoms with E-state index in [1.165, 1.54) is 4.90 Å². The molecular formula is C27H33F4N3O2. The molecule has 0 radical (unpaired) electrons. The number of benzene rings is 2. The molecule has 0 N–H and O–H groups in total. The van der Waals surface area contributed by atoms with Crippen LogP contribution in [0.2, 0.25) is 0 Å². The van der Waals surface area contributed by atoms with Crippen molar-refractivity contribution in [3.63, 3.8) is 0 Å². The van der Waals surface area contributed by atoms with Gasteiger partial charge in [0.15, 0.2) is 0 Å². The topological polar surface area (TPSA) is 28.2 Å². The Balaban J connectivity index is 1.31. The minimum Gasteiger partial charge on any atom is -0.492 e. The number of rotatable bonds is 8. The predicted molar refractivity (Wildman–Crippen MR) is 130 cm³/mol. The van der Waals surface area contributed by atoms with E-state index < -0.39 is 18.8 Å². The Morgan fingerprint density at radius 1 is 0.972 bits per heavy atom. The zero-order chi connectivity index (χ0) is 25.1. The van der Waals surface area contributed by atoms with Crippen LogP contribution in [0.1, 0.15) is 22.7 Å². The van der Waals surface area contributed by atoms with Crippen molar-refractivity contribution in [2.75, 3.05) is 77.2 Å². The summed E-state index contributed by atoms with van der Waals surface area (Å²) in [7, 11) is 0. The molecule has 0 saturated carbocycles. The maximum Gasteiger partial charge on any atom is 0.401 e. The fraction of sp³-hybridized carbons (Fsp3) is 0.556. The molecule has 3 aliphatic rings. The van der Waals surface area contributed by atoms with Gasteiger partial charge in [-0.1, -0.05) is 18.2 Å². The molecule has 2 saturated heterocycles. The van der Waals surface area contributed by atoms with Gasteiger partial charge in [-0.25, -0.2) is 0 Å². The molecule has 0 amide bonds. The lowest BCUT2D eigenvalue weighted by Gasteiger charge is -2.39. The number of fused-ring (bicyclic) bond motifs is 1. The third-order valence-corrected chi connectivity index (χ3v) is 7.34. The van der Waals surface area contributed by atoms with Crippen LogP contribution in [-0.2, 0) is 11.2 Å². The van der Waals surface area contributed by atoms with Crippen LogP contribution in [0, 0.1) is 5.92 Å². The molecule has 5 nitrogen and oxygen atoms in total. The van der Waals surface area contributed by atoms with Gasteiger partial charge >= 0.3 is 6.18 Å². The number of morpholine rings is 1. The molecule has 0 spiro atoms. The third kappa shape index (κ3) is 5.95. The summed E-state index contributed by atoms with van der Waals surface area (Å²) in [6, 6.07) is 13.1. The van der Waals surface area contributed by atoms with Gasteiger partial charge in [0, 0.05) is 50.9 Å². The van der Waals surface area contributed by atoms with Crippen molar-refractivity contribution < 1.29 is 27.0 Å². The number of likely N-dealkylation sites (tertiary alicyclic amines) is 1. The van der Waals surface area contributed by atoms with E-state index in [2.05, 4.69) is 15.9 Å². The van der Waals surface area contributed by atoms with Crippen LogP contribution in [0.4, 0.5) is 23.2 Å². The molecule has 1 atom stereocenters. The van der Waals surface area contributed by atoms with Crippen LogP contribution in [0.15, 0.2) is 42.5 Å². The summed E-state index contributed by atoms with van der Waals surface area (Å²) in [5.41, 5.74) is 3.95. The summed E-state index contributed by atoms with van der Waals surface area (Å²) in [5, 5.41) is 0. The zero-order valence-corrected chi connectivity index (χ0v) is 20.4. The first-order chi connectivity index (χ1) is 17.4. The van der Waals surface area contributed by atoms with Crippen LogP contribution in [0.5, 0.6) is 5.75 Å². The molecule has 5 rings (SSSR count). The van der Waals surface area contributed by atoms with E-state index in [-0.39, 0.29) is 12.6 Å². The van der Waals surface area contributed by atoms with Gasteiger partial charge in [-0.2, -0.15) is 13.2 Å². The molecule has 2 fully saturated rings. The van der Waals surface area contributed by atoms with Crippen molar-refractivity contribution in [2.45, 2.75) is 18.6 Å². The van der Waals surface area contributed by atoms with Crippen LogP contribution in [0.3, 0.4) is 0 Å². The number of anilines is 1. The molecule has 0 unspecified atom stereocenters. The summed E-state index contributed by atoms with van der Waals surface area (Å²) < 4.78 is 64.2. The quantitative estimate of drug-likeness (QED) is 0.497. The lowest BCUT2D eigenvalue weighted by molar-refractivity contribution is -0.150. The summed E-state index contributed by atoms with van der Waals surface area (Å²) in [6.07, 6.45) is -3.69. The largest absolute Gasteiger partial charge is 0.492 e. The minimum atomic E-state index is -4.27. The van der Waals surface area contributed by atoms with Gasteiger partial charge in [-0.3, -0.25) is 14.2 Å². The lowest BCUT2D eigenvalue weighted by Crippen LogP contribution is -2.49. The lowest BCUT2D eigenvalue weighted by atomic mass is 9.87. The van der Waals surface area contributed by atoms with Crippen molar-refractivity contribution in [1.29, 1.82) is 0 Å². The fourth-order valence-corrected chi connectivity index (χ4v) is 5.47. The van der Waals surface area contributed by atoms with E-state index in [1.807, 2.05) is 36.4 Å². The first kappa shape index (κ1) is 25.3. The maximum atomic E-state index is 13.5. The smallest absolute Gasteiger partial charge is 0.401 e. The number of ether oxygens (including phenoxy) is 2. The van der Waals surface area contributed by atoms with Gasteiger partial charge in [0.1, 0.15) is 12.4 Å². The number of alkyl halides is 4. The minimum absolute atomic E-state index is 0.146. The van der Waals surface area contributed by atoms with E-state index in [0.29, 0.717) is 38.5 Å². The van der Waals surface area contributed by atoms with Crippen molar-refractivity contribution >= 4 is 5.69 Å². The Hall–Kier alpha value is -2.36. The highest BCUT2D eigenvalue weighted by Gasteiger charge is 2.37. The van der Waals surface area contributed by atoms with E-state index in [0.717, 1.165) is 55.1 Å². The number of halogens is 4. The highest BCUT2D eigenvalue weighted by Crippen LogP contribution is 2.39. The van der Waals surface area contributed by atoms with E-state index in [1.54, 1.807) is 0 Å². The van der Waals surface area contributed by atoms with Gasteiger partial charge < -0.3 is 14.4 Å². The first-order valence-corrected chi connectivity index (χ1v) is 12.7. The number of nitrogens with zero attached hydrogens (tertiary/aromatic N) is 3. The third-order valence-electron chi connectivity index (χ3n) is 7.34. The molecule has 36 heavy (non-hydrogen) atoms. The fourth-order valence-electron chi connectivity index (χ4n) is 5.47. The number of hydrogen-bond donors (Lipinski definition) is 0. The second kappa shape index (κ2) is 10.9. The average molecular weight is 508 g/mol. The van der Waals surface area contributed by atoms with Crippen LogP contribution in [0.25, 0.3) is 0 Å². The Morgan fingerprint density at radius 3 is 2.42 bits per heavy atom. The first-order valence-electron chi connectivity index (χ1n) is 12.7. The molecule has 3 heterocycles. The molecule has 0 bridgehead atoms. The van der Waals surface area contributed by atoms with Crippen molar-refractivity contribution in [3.8, 4) is 5.75 Å². The number of hydrogen-bond acceptors (Lipinski definition) is 5. The van der Waals surface area contributed by atoms with Gasteiger partial charge in [-0.05, 0) is 47.4 Å². The van der Waals surface area contributed by atoms with Gasteiger partial charge in [-0.15, -0.1) is 0 Å². The summed E-state index contributed by atoms with van der Waals surface area (Å²) in [6.45, 7) is 4.89.